The van der Waals surface area contributed by atoms with E-state index in [0.29, 0.717) is 18.8 Å². The Morgan fingerprint density at radius 1 is 1.61 bits per heavy atom. The van der Waals surface area contributed by atoms with E-state index in [1.54, 1.807) is 7.05 Å². The molecule has 1 aromatic rings. The summed E-state index contributed by atoms with van der Waals surface area (Å²) in [5, 5.41) is 3.42. The molecule has 1 aromatic heterocycles. The molecule has 1 saturated heterocycles. The standard InChI is InChI=1S/C11H18N4O2S/c1-11(2)6-17-5-4-15(11)10-7(9(16)13-3)8(12)14-18-10/h4-6H2,1-3H3,(H2,12,14)(H,13,16). The van der Waals surface area contributed by atoms with Gasteiger partial charge in [0.25, 0.3) is 5.91 Å². The lowest BCUT2D eigenvalue weighted by Crippen LogP contribution is -2.53. The second-order valence-corrected chi connectivity index (χ2v) is 5.60. The summed E-state index contributed by atoms with van der Waals surface area (Å²) in [5.74, 6) is 0.0928. The highest BCUT2D eigenvalue weighted by Crippen LogP contribution is 2.36. The summed E-state index contributed by atoms with van der Waals surface area (Å²) >= 11 is 1.26. The fraction of sp³-hybridized carbons (Fsp3) is 0.636. The van der Waals surface area contributed by atoms with Gasteiger partial charge >= 0.3 is 0 Å². The first kappa shape index (κ1) is 13.1. The lowest BCUT2D eigenvalue weighted by molar-refractivity contribution is 0.0646. The van der Waals surface area contributed by atoms with E-state index in [4.69, 9.17) is 10.5 Å². The largest absolute Gasteiger partial charge is 0.382 e. The van der Waals surface area contributed by atoms with Crippen molar-refractivity contribution in [2.75, 3.05) is 37.4 Å². The lowest BCUT2D eigenvalue weighted by atomic mass is 10.0. The number of ether oxygens (including phenoxy) is 1. The van der Waals surface area contributed by atoms with Crippen LogP contribution >= 0.6 is 11.5 Å². The average molecular weight is 270 g/mol. The number of aromatic nitrogens is 1. The summed E-state index contributed by atoms with van der Waals surface area (Å²) in [5.41, 5.74) is 6.10. The van der Waals surface area contributed by atoms with E-state index in [0.717, 1.165) is 11.5 Å². The van der Waals surface area contributed by atoms with Gasteiger partial charge < -0.3 is 20.7 Å². The highest BCUT2D eigenvalue weighted by molar-refractivity contribution is 7.11. The zero-order valence-electron chi connectivity index (χ0n) is 10.8. The van der Waals surface area contributed by atoms with E-state index >= 15 is 0 Å². The van der Waals surface area contributed by atoms with Crippen LogP contribution in [0.4, 0.5) is 10.8 Å². The predicted octanol–water partition coefficient (Wildman–Crippen LogP) is 0.700. The van der Waals surface area contributed by atoms with Crippen LogP contribution < -0.4 is 16.0 Å². The van der Waals surface area contributed by atoms with Gasteiger partial charge in [-0.25, -0.2) is 0 Å². The summed E-state index contributed by atoms with van der Waals surface area (Å²) in [7, 11) is 1.59. The van der Waals surface area contributed by atoms with E-state index in [2.05, 4.69) is 28.4 Å². The minimum atomic E-state index is -0.196. The van der Waals surface area contributed by atoms with E-state index in [9.17, 15) is 4.79 Å². The molecule has 1 aliphatic rings. The number of nitrogens with zero attached hydrogens (tertiary/aromatic N) is 2. The molecule has 100 valence electrons. The number of hydrogen-bond acceptors (Lipinski definition) is 6. The number of rotatable bonds is 2. The van der Waals surface area contributed by atoms with Gasteiger partial charge in [0.1, 0.15) is 10.6 Å². The second-order valence-electron chi connectivity index (χ2n) is 4.84. The van der Waals surface area contributed by atoms with Crippen LogP contribution in [0.2, 0.25) is 0 Å². The third-order valence-corrected chi connectivity index (χ3v) is 3.93. The number of hydrogen-bond donors (Lipinski definition) is 2. The van der Waals surface area contributed by atoms with Crippen LogP contribution in [0.5, 0.6) is 0 Å². The molecule has 0 radical (unpaired) electrons. The van der Waals surface area contributed by atoms with Crippen molar-refractivity contribution < 1.29 is 9.53 Å². The average Bonchev–Trinajstić information content (AvgIpc) is 2.69. The predicted molar refractivity (Wildman–Crippen MR) is 72.2 cm³/mol. The van der Waals surface area contributed by atoms with Crippen molar-refractivity contribution in [3.8, 4) is 0 Å². The molecule has 0 aromatic carbocycles. The Hall–Kier alpha value is -1.34. The number of nitrogen functional groups attached to an aromatic ring is 1. The Balaban J connectivity index is 2.41. The second kappa shape index (κ2) is 4.74. The quantitative estimate of drug-likeness (QED) is 0.827. The van der Waals surface area contributed by atoms with Gasteiger partial charge in [-0.2, -0.15) is 4.37 Å². The molecule has 0 saturated carbocycles. The zero-order chi connectivity index (χ0) is 13.3. The molecule has 7 heteroatoms. The number of carbonyl (C=O) groups excluding carboxylic acids is 1. The third kappa shape index (κ3) is 2.15. The van der Waals surface area contributed by atoms with Crippen LogP contribution in [0.25, 0.3) is 0 Å². The smallest absolute Gasteiger partial charge is 0.257 e. The van der Waals surface area contributed by atoms with Gasteiger partial charge in [-0.1, -0.05) is 0 Å². The van der Waals surface area contributed by atoms with Gasteiger partial charge in [-0.3, -0.25) is 4.79 Å². The number of nitrogens with two attached hydrogens (primary N) is 1. The first-order valence-electron chi connectivity index (χ1n) is 5.80. The normalized spacial score (nSPS) is 18.7. The summed E-state index contributed by atoms with van der Waals surface area (Å²) in [6, 6.07) is 0. The van der Waals surface area contributed by atoms with Crippen LogP contribution in [0.15, 0.2) is 0 Å². The number of amides is 1. The molecule has 2 heterocycles. The number of carbonyl (C=O) groups is 1. The van der Waals surface area contributed by atoms with Gasteiger partial charge in [0.05, 0.1) is 18.8 Å². The molecule has 3 N–H and O–H groups in total. The molecule has 6 nitrogen and oxygen atoms in total. The van der Waals surface area contributed by atoms with Crippen molar-refractivity contribution in [2.24, 2.45) is 0 Å². The maximum absolute atomic E-state index is 11.9. The molecule has 0 unspecified atom stereocenters. The summed E-state index contributed by atoms with van der Waals surface area (Å²) in [4.78, 5) is 14.0. The van der Waals surface area contributed by atoms with Gasteiger partial charge in [-0.15, -0.1) is 0 Å². The Labute approximate surface area is 110 Å². The molecule has 1 fully saturated rings. The molecule has 0 bridgehead atoms. The Morgan fingerprint density at radius 2 is 2.33 bits per heavy atom. The molecular weight excluding hydrogens is 252 g/mol. The minimum absolute atomic E-state index is 0.167. The van der Waals surface area contributed by atoms with E-state index < -0.39 is 0 Å². The molecule has 0 aliphatic carbocycles. The van der Waals surface area contributed by atoms with Gasteiger partial charge in [0.15, 0.2) is 5.82 Å². The molecule has 1 amide bonds. The molecule has 18 heavy (non-hydrogen) atoms. The highest BCUT2D eigenvalue weighted by atomic mass is 32.1. The van der Waals surface area contributed by atoms with Gasteiger partial charge in [-0.05, 0) is 25.4 Å². The Kier molecular flexibility index (Phi) is 3.45. The Bertz CT molecular complexity index is 458. The van der Waals surface area contributed by atoms with E-state index in [1.807, 2.05) is 0 Å². The number of nitrogens with one attached hydrogen (secondary N) is 1. The monoisotopic (exact) mass is 270 g/mol. The summed E-state index contributed by atoms with van der Waals surface area (Å²) < 4.78 is 9.58. The number of morpholine rings is 1. The Morgan fingerprint density at radius 3 is 2.94 bits per heavy atom. The van der Waals surface area contributed by atoms with Gasteiger partial charge in [0.2, 0.25) is 0 Å². The number of anilines is 2. The minimum Gasteiger partial charge on any atom is -0.382 e. The summed E-state index contributed by atoms with van der Waals surface area (Å²) in [6.07, 6.45) is 0. The molecule has 2 rings (SSSR count). The first-order valence-corrected chi connectivity index (χ1v) is 6.57. The topological polar surface area (TPSA) is 80.5 Å². The molecule has 0 spiro atoms. The van der Waals surface area contributed by atoms with Crippen LogP contribution in [0.1, 0.15) is 24.2 Å². The van der Waals surface area contributed by atoms with Crippen molar-refractivity contribution in [1.29, 1.82) is 0 Å². The van der Waals surface area contributed by atoms with Crippen LogP contribution in [-0.2, 0) is 4.74 Å². The van der Waals surface area contributed by atoms with Crippen LogP contribution in [-0.4, -0.2) is 42.6 Å². The highest BCUT2D eigenvalue weighted by Gasteiger charge is 2.35. The van der Waals surface area contributed by atoms with Crippen molar-refractivity contribution >= 4 is 28.3 Å². The third-order valence-electron chi connectivity index (χ3n) is 3.04. The zero-order valence-corrected chi connectivity index (χ0v) is 11.6. The fourth-order valence-corrected chi connectivity index (χ4v) is 3.05. The summed E-state index contributed by atoms with van der Waals surface area (Å²) in [6.45, 7) is 6.16. The molecular formula is C11H18N4O2S. The SMILES string of the molecule is CNC(=O)c1c(N)nsc1N1CCOCC1(C)C. The van der Waals surface area contributed by atoms with Gasteiger partial charge in [0, 0.05) is 13.6 Å². The lowest BCUT2D eigenvalue weighted by Gasteiger charge is -2.43. The van der Waals surface area contributed by atoms with Crippen molar-refractivity contribution in [3.63, 3.8) is 0 Å². The maximum Gasteiger partial charge on any atom is 0.257 e. The fourth-order valence-electron chi connectivity index (χ4n) is 2.05. The molecule has 0 atom stereocenters. The maximum atomic E-state index is 11.9. The first-order chi connectivity index (χ1) is 8.47. The van der Waals surface area contributed by atoms with Crippen molar-refractivity contribution in [1.82, 2.24) is 9.69 Å². The molecule has 1 aliphatic heterocycles. The van der Waals surface area contributed by atoms with E-state index in [1.165, 1.54) is 11.5 Å². The van der Waals surface area contributed by atoms with E-state index in [-0.39, 0.29) is 17.3 Å². The van der Waals surface area contributed by atoms with Crippen molar-refractivity contribution in [3.05, 3.63) is 5.56 Å². The van der Waals surface area contributed by atoms with Crippen LogP contribution in [0.3, 0.4) is 0 Å². The van der Waals surface area contributed by atoms with Crippen molar-refractivity contribution in [2.45, 2.75) is 19.4 Å². The van der Waals surface area contributed by atoms with Crippen LogP contribution in [0, 0.1) is 0 Å².